The molecule has 0 unspecified atom stereocenters. The summed E-state index contributed by atoms with van der Waals surface area (Å²) in [6, 6.07) is 0.637. The van der Waals surface area contributed by atoms with Crippen LogP contribution in [0.5, 0.6) is 0 Å². The van der Waals surface area contributed by atoms with Gasteiger partial charge < -0.3 is 14.2 Å². The first-order valence-electron chi connectivity index (χ1n) is 9.09. The summed E-state index contributed by atoms with van der Waals surface area (Å²) < 4.78 is 7.72. The quantitative estimate of drug-likeness (QED) is 0.789. The summed E-state index contributed by atoms with van der Waals surface area (Å²) in [4.78, 5) is 5.08. The summed E-state index contributed by atoms with van der Waals surface area (Å²) in [6.45, 7) is 6.43. The van der Waals surface area contributed by atoms with Gasteiger partial charge in [0.25, 0.3) is 0 Å². The largest absolute Gasteiger partial charge is 0.381 e. The molecule has 1 aromatic rings. The molecule has 3 heterocycles. The van der Waals surface area contributed by atoms with Gasteiger partial charge in [0, 0.05) is 38.7 Å². The molecular weight excluding hydrogens is 290 g/mol. The molecule has 3 fully saturated rings. The lowest BCUT2D eigenvalue weighted by Gasteiger charge is -2.25. The van der Waals surface area contributed by atoms with Crippen LogP contribution in [0.2, 0.25) is 0 Å². The van der Waals surface area contributed by atoms with Gasteiger partial charge in [-0.2, -0.15) is 0 Å². The second-order valence-electron chi connectivity index (χ2n) is 7.65. The van der Waals surface area contributed by atoms with Crippen molar-refractivity contribution in [3.8, 4) is 0 Å². The molecule has 1 aromatic heterocycles. The summed E-state index contributed by atoms with van der Waals surface area (Å²) in [5.41, 5.74) is 0. The summed E-state index contributed by atoms with van der Waals surface area (Å²) in [6.07, 6.45) is 5.06. The van der Waals surface area contributed by atoms with Crippen LogP contribution in [0.15, 0.2) is 0 Å². The second kappa shape index (κ2) is 6.49. The smallest absolute Gasteiger partial charge is 0.146 e. The van der Waals surface area contributed by atoms with E-state index in [2.05, 4.69) is 38.7 Å². The first-order valence-corrected chi connectivity index (χ1v) is 9.09. The molecular formula is C17H29N5O. The Bertz CT molecular complexity index is 535. The summed E-state index contributed by atoms with van der Waals surface area (Å²) >= 11 is 0. The fraction of sp³-hybridized carbons (Fsp3) is 0.882. The number of nitrogens with zero attached hydrogens (tertiary/aromatic N) is 5. The van der Waals surface area contributed by atoms with Gasteiger partial charge in [-0.15, -0.1) is 10.2 Å². The molecule has 2 aliphatic heterocycles. The standard InChI is InChI=1S/C17H29N5O/c1-20(11-16-18-19-17(21(16)2)14-3-4-14)15-5-7-22(10-15)9-13-6-8-23-12-13/h13-15H,3-12H2,1-2H3/t13-,15-/m0/s1. The molecule has 2 saturated heterocycles. The molecule has 2 atom stereocenters. The first-order chi connectivity index (χ1) is 11.2. The van der Waals surface area contributed by atoms with Crippen LogP contribution in [0.25, 0.3) is 0 Å². The molecule has 0 aromatic carbocycles. The van der Waals surface area contributed by atoms with Gasteiger partial charge in [0.2, 0.25) is 0 Å². The van der Waals surface area contributed by atoms with Crippen molar-refractivity contribution in [2.75, 3.05) is 39.9 Å². The minimum atomic E-state index is 0.637. The molecule has 4 rings (SSSR count). The average molecular weight is 319 g/mol. The SMILES string of the molecule is CN(Cc1nnc(C2CC2)n1C)[C@H]1CCN(C[C@@H]2CCOC2)C1. The second-order valence-corrected chi connectivity index (χ2v) is 7.65. The number of hydrogen-bond acceptors (Lipinski definition) is 5. The minimum absolute atomic E-state index is 0.637. The lowest BCUT2D eigenvalue weighted by atomic mass is 10.1. The van der Waals surface area contributed by atoms with E-state index in [4.69, 9.17) is 4.74 Å². The van der Waals surface area contributed by atoms with Crippen LogP contribution in [0, 0.1) is 5.92 Å². The molecule has 1 aliphatic carbocycles. The van der Waals surface area contributed by atoms with Crippen molar-refractivity contribution >= 4 is 0 Å². The van der Waals surface area contributed by atoms with Crippen LogP contribution in [-0.4, -0.2) is 70.5 Å². The third-order valence-electron chi connectivity index (χ3n) is 5.74. The molecule has 0 N–H and O–H groups in total. The number of aromatic nitrogens is 3. The number of hydrogen-bond donors (Lipinski definition) is 0. The maximum absolute atomic E-state index is 5.51. The third kappa shape index (κ3) is 3.44. The molecule has 0 bridgehead atoms. The highest BCUT2D eigenvalue weighted by Gasteiger charge is 2.31. The van der Waals surface area contributed by atoms with Gasteiger partial charge in [0.05, 0.1) is 13.2 Å². The van der Waals surface area contributed by atoms with Crippen molar-refractivity contribution in [2.45, 2.75) is 44.2 Å². The van der Waals surface area contributed by atoms with Crippen LogP contribution in [0.1, 0.15) is 43.3 Å². The van der Waals surface area contributed by atoms with Gasteiger partial charge in [-0.1, -0.05) is 0 Å². The van der Waals surface area contributed by atoms with Gasteiger partial charge in [-0.05, 0) is 45.2 Å². The van der Waals surface area contributed by atoms with Gasteiger partial charge >= 0.3 is 0 Å². The summed E-state index contributed by atoms with van der Waals surface area (Å²) in [7, 11) is 4.36. The molecule has 6 heteroatoms. The zero-order chi connectivity index (χ0) is 15.8. The average Bonchev–Trinajstić information content (AvgIpc) is 2.94. The normalized spacial score (nSPS) is 29.0. The zero-order valence-corrected chi connectivity index (χ0v) is 14.4. The van der Waals surface area contributed by atoms with Crippen LogP contribution in [-0.2, 0) is 18.3 Å². The van der Waals surface area contributed by atoms with E-state index < -0.39 is 0 Å². The van der Waals surface area contributed by atoms with Crippen molar-refractivity contribution in [1.29, 1.82) is 0 Å². The predicted molar refractivity (Wildman–Crippen MR) is 88.2 cm³/mol. The molecule has 128 valence electrons. The lowest BCUT2D eigenvalue weighted by molar-refractivity contribution is 0.168. The maximum Gasteiger partial charge on any atom is 0.146 e. The Morgan fingerprint density at radius 1 is 1.22 bits per heavy atom. The number of likely N-dealkylation sites (tertiary alicyclic amines) is 1. The zero-order valence-electron chi connectivity index (χ0n) is 14.4. The van der Waals surface area contributed by atoms with E-state index in [9.17, 15) is 0 Å². The van der Waals surface area contributed by atoms with E-state index in [0.29, 0.717) is 12.0 Å². The highest BCUT2D eigenvalue weighted by Crippen LogP contribution is 2.38. The van der Waals surface area contributed by atoms with E-state index in [0.717, 1.165) is 31.5 Å². The van der Waals surface area contributed by atoms with Crippen LogP contribution in [0.3, 0.4) is 0 Å². The summed E-state index contributed by atoms with van der Waals surface area (Å²) in [5, 5.41) is 8.83. The number of rotatable bonds is 6. The van der Waals surface area contributed by atoms with E-state index >= 15 is 0 Å². The van der Waals surface area contributed by atoms with Crippen LogP contribution in [0.4, 0.5) is 0 Å². The molecule has 0 spiro atoms. The van der Waals surface area contributed by atoms with E-state index in [1.807, 2.05) is 0 Å². The van der Waals surface area contributed by atoms with Crippen LogP contribution < -0.4 is 0 Å². The van der Waals surface area contributed by atoms with E-state index in [1.54, 1.807) is 0 Å². The van der Waals surface area contributed by atoms with Crippen molar-refractivity contribution in [3.05, 3.63) is 11.6 Å². The fourth-order valence-electron chi connectivity index (χ4n) is 3.99. The summed E-state index contributed by atoms with van der Waals surface area (Å²) in [5.74, 6) is 3.71. The minimum Gasteiger partial charge on any atom is -0.381 e. The number of likely N-dealkylation sites (N-methyl/N-ethyl adjacent to an activating group) is 1. The Kier molecular flexibility index (Phi) is 4.39. The maximum atomic E-state index is 5.51. The lowest BCUT2D eigenvalue weighted by Crippen LogP contribution is -2.36. The Morgan fingerprint density at radius 3 is 2.83 bits per heavy atom. The van der Waals surface area contributed by atoms with Crippen LogP contribution >= 0.6 is 0 Å². The highest BCUT2D eigenvalue weighted by molar-refractivity contribution is 5.07. The molecule has 0 radical (unpaired) electrons. The van der Waals surface area contributed by atoms with E-state index in [-0.39, 0.29) is 0 Å². The highest BCUT2D eigenvalue weighted by atomic mass is 16.5. The third-order valence-corrected chi connectivity index (χ3v) is 5.74. The number of ether oxygens (including phenoxy) is 1. The Balaban J connectivity index is 1.30. The van der Waals surface area contributed by atoms with Crippen molar-refractivity contribution < 1.29 is 4.74 Å². The van der Waals surface area contributed by atoms with Gasteiger partial charge in [0.1, 0.15) is 11.6 Å². The predicted octanol–water partition coefficient (Wildman–Crippen LogP) is 1.24. The van der Waals surface area contributed by atoms with Crippen molar-refractivity contribution in [3.63, 3.8) is 0 Å². The Morgan fingerprint density at radius 2 is 2.09 bits per heavy atom. The van der Waals surface area contributed by atoms with Crippen molar-refractivity contribution in [1.82, 2.24) is 24.6 Å². The monoisotopic (exact) mass is 319 g/mol. The van der Waals surface area contributed by atoms with E-state index in [1.165, 1.54) is 51.1 Å². The molecule has 1 saturated carbocycles. The molecule has 23 heavy (non-hydrogen) atoms. The Labute approximate surface area is 138 Å². The molecule has 6 nitrogen and oxygen atoms in total. The first kappa shape index (κ1) is 15.5. The topological polar surface area (TPSA) is 46.4 Å². The van der Waals surface area contributed by atoms with Crippen molar-refractivity contribution in [2.24, 2.45) is 13.0 Å². The van der Waals surface area contributed by atoms with Gasteiger partial charge in [0.15, 0.2) is 0 Å². The fourth-order valence-corrected chi connectivity index (χ4v) is 3.99. The molecule has 3 aliphatic rings. The van der Waals surface area contributed by atoms with Gasteiger partial charge in [-0.25, -0.2) is 0 Å². The van der Waals surface area contributed by atoms with Gasteiger partial charge in [-0.3, -0.25) is 4.90 Å². The molecule has 0 amide bonds. The Hall–Kier alpha value is -0.980.